The molecule has 2 heterocycles. The first-order chi connectivity index (χ1) is 13.2. The van der Waals surface area contributed by atoms with Gasteiger partial charge in [0.1, 0.15) is 6.26 Å². The van der Waals surface area contributed by atoms with E-state index in [0.29, 0.717) is 17.6 Å². The normalized spacial score (nSPS) is 15.1. The molecule has 2 aliphatic heterocycles. The van der Waals surface area contributed by atoms with Crippen LogP contribution in [-0.2, 0) is 19.1 Å². The van der Waals surface area contributed by atoms with Gasteiger partial charge in [0.25, 0.3) is 0 Å². The van der Waals surface area contributed by atoms with E-state index in [4.69, 9.17) is 9.47 Å². The quantitative estimate of drug-likeness (QED) is 0.607. The molecule has 0 N–H and O–H groups in total. The van der Waals surface area contributed by atoms with Gasteiger partial charge < -0.3 is 14.4 Å². The van der Waals surface area contributed by atoms with Gasteiger partial charge in [-0.3, -0.25) is 4.79 Å². The molecule has 2 aliphatic rings. The molecular weight excluding hydrogens is 342 g/mol. The number of allylic oxidation sites excluding steroid dienone is 1. The Balaban J connectivity index is 1.91. The van der Waals surface area contributed by atoms with Crippen molar-refractivity contribution in [3.8, 4) is 0 Å². The highest BCUT2D eigenvalue weighted by Gasteiger charge is 2.33. The molecule has 5 nitrogen and oxygen atoms in total. The number of fused-ring (bicyclic) bond motifs is 2. The van der Waals surface area contributed by atoms with Crippen molar-refractivity contribution in [3.05, 3.63) is 89.0 Å². The summed E-state index contributed by atoms with van der Waals surface area (Å²) in [6, 6.07) is 17.6. The highest BCUT2D eigenvalue weighted by Crippen LogP contribution is 2.44. The number of hydrogen-bond donors (Lipinski definition) is 0. The molecule has 2 aromatic carbocycles. The van der Waals surface area contributed by atoms with Gasteiger partial charge in [-0.15, -0.1) is 0 Å². The Morgan fingerprint density at radius 2 is 1.85 bits per heavy atom. The van der Waals surface area contributed by atoms with Gasteiger partial charge in [0.05, 0.1) is 23.6 Å². The predicted octanol–water partition coefficient (Wildman–Crippen LogP) is 4.11. The third kappa shape index (κ3) is 2.83. The molecule has 0 unspecified atom stereocenters. The average Bonchev–Trinajstić information content (AvgIpc) is 2.71. The maximum absolute atomic E-state index is 12.2. The summed E-state index contributed by atoms with van der Waals surface area (Å²) in [4.78, 5) is 26.1. The molecule has 2 aromatic rings. The van der Waals surface area contributed by atoms with Crippen molar-refractivity contribution in [2.45, 2.75) is 6.92 Å². The minimum atomic E-state index is -0.652. The lowest BCUT2D eigenvalue weighted by Crippen LogP contribution is -2.27. The summed E-state index contributed by atoms with van der Waals surface area (Å²) >= 11 is 0. The molecule has 0 bridgehead atoms. The Hall–Kier alpha value is -3.60. The van der Waals surface area contributed by atoms with Crippen molar-refractivity contribution in [1.82, 2.24) is 0 Å². The van der Waals surface area contributed by atoms with Gasteiger partial charge >= 0.3 is 5.97 Å². The van der Waals surface area contributed by atoms with Crippen molar-refractivity contribution in [2.24, 2.45) is 0 Å². The maximum atomic E-state index is 12.2. The smallest absolute Gasteiger partial charge is 0.374 e. The van der Waals surface area contributed by atoms with Crippen LogP contribution in [0.2, 0.25) is 0 Å². The molecule has 27 heavy (non-hydrogen) atoms. The summed E-state index contributed by atoms with van der Waals surface area (Å²) < 4.78 is 10.6. The second-order valence-corrected chi connectivity index (χ2v) is 5.99. The lowest BCUT2D eigenvalue weighted by atomic mass is 9.92. The summed E-state index contributed by atoms with van der Waals surface area (Å²) in [6.45, 7) is 1.91. The number of carbonyl (C=O) groups is 2. The van der Waals surface area contributed by atoms with Crippen molar-refractivity contribution in [3.63, 3.8) is 0 Å². The molecule has 0 atom stereocenters. The van der Waals surface area contributed by atoms with Gasteiger partial charge in [0.15, 0.2) is 6.29 Å². The first-order valence-corrected chi connectivity index (χ1v) is 8.64. The van der Waals surface area contributed by atoms with Crippen LogP contribution in [0.4, 0.5) is 11.4 Å². The van der Waals surface area contributed by atoms with E-state index < -0.39 is 5.97 Å². The molecule has 0 saturated carbocycles. The zero-order valence-electron chi connectivity index (χ0n) is 14.7. The van der Waals surface area contributed by atoms with Gasteiger partial charge in [-0.05, 0) is 36.8 Å². The second kappa shape index (κ2) is 6.96. The topological polar surface area (TPSA) is 55.8 Å². The van der Waals surface area contributed by atoms with Gasteiger partial charge in [-0.1, -0.05) is 36.4 Å². The van der Waals surface area contributed by atoms with Gasteiger partial charge in [0, 0.05) is 11.3 Å². The molecule has 0 saturated heterocycles. The Labute approximate surface area is 156 Å². The van der Waals surface area contributed by atoms with E-state index >= 15 is 0 Å². The third-order valence-electron chi connectivity index (χ3n) is 4.41. The number of aldehydes is 1. The lowest BCUT2D eigenvalue weighted by Gasteiger charge is -2.35. The molecule has 5 heteroatoms. The summed E-state index contributed by atoms with van der Waals surface area (Å²) in [6.07, 6.45) is 4.03. The van der Waals surface area contributed by atoms with E-state index in [-0.39, 0.29) is 17.9 Å². The first-order valence-electron chi connectivity index (χ1n) is 8.64. The van der Waals surface area contributed by atoms with Crippen molar-refractivity contribution >= 4 is 29.7 Å². The van der Waals surface area contributed by atoms with Crippen LogP contribution in [0.5, 0.6) is 0 Å². The molecular formula is C22H17NO4. The van der Waals surface area contributed by atoms with Crippen LogP contribution in [0.3, 0.4) is 0 Å². The SMILES string of the molecule is CCOC(=O)C1=C(C=O)C2=Cc3ccccc3N(c3ccccc3)C2=CO1. The fraction of sp³-hybridized carbons (Fsp3) is 0.0909. The van der Waals surface area contributed by atoms with Crippen LogP contribution in [0.1, 0.15) is 12.5 Å². The van der Waals surface area contributed by atoms with Crippen LogP contribution in [0.25, 0.3) is 6.08 Å². The van der Waals surface area contributed by atoms with Crippen LogP contribution in [0, 0.1) is 0 Å². The van der Waals surface area contributed by atoms with Gasteiger partial charge in [-0.25, -0.2) is 4.79 Å². The number of carbonyl (C=O) groups excluding carboxylic acids is 2. The van der Waals surface area contributed by atoms with Crippen molar-refractivity contribution < 1.29 is 19.1 Å². The van der Waals surface area contributed by atoms with E-state index in [2.05, 4.69) is 0 Å². The molecule has 0 aromatic heterocycles. The average molecular weight is 359 g/mol. The number of nitrogens with zero attached hydrogens (tertiary/aromatic N) is 1. The molecule has 0 spiro atoms. The summed E-state index contributed by atoms with van der Waals surface area (Å²) in [5, 5.41) is 0. The highest BCUT2D eigenvalue weighted by atomic mass is 16.6. The Morgan fingerprint density at radius 3 is 2.59 bits per heavy atom. The highest BCUT2D eigenvalue weighted by molar-refractivity contribution is 6.02. The van der Waals surface area contributed by atoms with Gasteiger partial charge in [0.2, 0.25) is 5.76 Å². The number of anilines is 2. The number of hydrogen-bond acceptors (Lipinski definition) is 5. The van der Waals surface area contributed by atoms with E-state index in [1.807, 2.05) is 65.6 Å². The lowest BCUT2D eigenvalue weighted by molar-refractivity contribution is -0.142. The van der Waals surface area contributed by atoms with Crippen molar-refractivity contribution in [1.29, 1.82) is 0 Å². The zero-order valence-corrected chi connectivity index (χ0v) is 14.7. The Bertz CT molecular complexity index is 1000. The molecule has 0 aliphatic carbocycles. The maximum Gasteiger partial charge on any atom is 0.374 e. The predicted molar refractivity (Wildman–Crippen MR) is 102 cm³/mol. The number of para-hydroxylation sites is 2. The van der Waals surface area contributed by atoms with E-state index in [1.165, 1.54) is 6.26 Å². The minimum Gasteiger partial charge on any atom is -0.460 e. The standard InChI is InChI=1S/C22H17NO4/c1-2-26-22(25)21-18(13-24)17-12-15-8-6-7-11-19(15)23(20(17)14-27-21)16-9-4-3-5-10-16/h3-14H,2H2,1H3. The Kier molecular flexibility index (Phi) is 4.34. The Morgan fingerprint density at radius 1 is 1.11 bits per heavy atom. The third-order valence-corrected chi connectivity index (χ3v) is 4.41. The number of ether oxygens (including phenoxy) is 2. The fourth-order valence-corrected chi connectivity index (χ4v) is 3.25. The van der Waals surface area contributed by atoms with E-state index in [1.54, 1.807) is 6.92 Å². The molecule has 0 amide bonds. The number of benzene rings is 2. The fourth-order valence-electron chi connectivity index (χ4n) is 3.25. The molecule has 0 fully saturated rings. The summed E-state index contributed by atoms with van der Waals surface area (Å²) in [5.74, 6) is -0.741. The van der Waals surface area contributed by atoms with Crippen molar-refractivity contribution in [2.75, 3.05) is 11.5 Å². The number of rotatable bonds is 4. The van der Waals surface area contributed by atoms with Gasteiger partial charge in [-0.2, -0.15) is 0 Å². The molecule has 134 valence electrons. The minimum absolute atomic E-state index is 0.0887. The summed E-state index contributed by atoms with van der Waals surface area (Å²) in [5.41, 5.74) is 4.33. The zero-order chi connectivity index (χ0) is 18.8. The monoisotopic (exact) mass is 359 g/mol. The van der Waals surface area contributed by atoms with E-state index in [9.17, 15) is 9.59 Å². The molecule has 0 radical (unpaired) electrons. The number of esters is 1. The summed E-state index contributed by atoms with van der Waals surface area (Å²) in [7, 11) is 0. The largest absolute Gasteiger partial charge is 0.460 e. The van der Waals surface area contributed by atoms with Crippen LogP contribution >= 0.6 is 0 Å². The van der Waals surface area contributed by atoms with Crippen LogP contribution in [0.15, 0.2) is 83.5 Å². The second-order valence-electron chi connectivity index (χ2n) is 5.99. The van der Waals surface area contributed by atoms with E-state index in [0.717, 1.165) is 16.9 Å². The van der Waals surface area contributed by atoms with Crippen LogP contribution in [-0.4, -0.2) is 18.9 Å². The molecule has 4 rings (SSSR count). The van der Waals surface area contributed by atoms with Crippen LogP contribution < -0.4 is 4.90 Å². The first kappa shape index (κ1) is 16.8.